The van der Waals surface area contributed by atoms with E-state index in [4.69, 9.17) is 16.3 Å². The molecule has 2 amide bonds. The number of urea groups is 1. The van der Waals surface area contributed by atoms with Crippen molar-refractivity contribution in [2.45, 2.75) is 12.1 Å². The number of rotatable bonds is 3. The van der Waals surface area contributed by atoms with Crippen molar-refractivity contribution in [3.05, 3.63) is 53.6 Å². The minimum atomic E-state index is -3.26. The van der Waals surface area contributed by atoms with Crippen LogP contribution in [0, 0.1) is 0 Å². The maximum absolute atomic E-state index is 13.3. The Hall–Kier alpha value is -2.25. The van der Waals surface area contributed by atoms with E-state index < -0.39 is 21.9 Å². The van der Waals surface area contributed by atoms with Crippen LogP contribution in [0.15, 0.2) is 48.5 Å². The zero-order valence-corrected chi connectivity index (χ0v) is 15.6. The molecule has 2 aromatic rings. The minimum absolute atomic E-state index is 0.0809. The molecule has 2 saturated heterocycles. The van der Waals surface area contributed by atoms with E-state index in [1.807, 2.05) is 0 Å². The summed E-state index contributed by atoms with van der Waals surface area (Å²) in [6.07, 6.45) is 0. The molecular formula is C18H17ClN2O4S. The molecule has 0 saturated carbocycles. The average Bonchev–Trinajstić information content (AvgIpc) is 3.04. The maximum Gasteiger partial charge on any atom is 0.329 e. The molecule has 0 N–H and O–H groups in total. The molecule has 0 aromatic heterocycles. The van der Waals surface area contributed by atoms with Gasteiger partial charge in [0.2, 0.25) is 0 Å². The van der Waals surface area contributed by atoms with Gasteiger partial charge >= 0.3 is 6.03 Å². The van der Waals surface area contributed by atoms with E-state index >= 15 is 0 Å². The Labute approximate surface area is 156 Å². The van der Waals surface area contributed by atoms with Gasteiger partial charge < -0.3 is 4.74 Å². The Morgan fingerprint density at radius 1 is 0.962 bits per heavy atom. The molecule has 0 bridgehead atoms. The molecular weight excluding hydrogens is 376 g/mol. The second kappa shape index (κ2) is 6.17. The van der Waals surface area contributed by atoms with E-state index in [0.29, 0.717) is 22.1 Å². The number of hydrogen-bond donors (Lipinski definition) is 0. The van der Waals surface area contributed by atoms with Crippen LogP contribution in [0.3, 0.4) is 0 Å². The van der Waals surface area contributed by atoms with Crippen molar-refractivity contribution in [3.63, 3.8) is 0 Å². The number of hydrogen-bond acceptors (Lipinski definition) is 4. The van der Waals surface area contributed by atoms with Crippen molar-refractivity contribution < 1.29 is 17.9 Å². The number of carbonyl (C=O) groups is 1. The highest BCUT2D eigenvalue weighted by Crippen LogP contribution is 2.42. The van der Waals surface area contributed by atoms with Crippen LogP contribution >= 0.6 is 11.6 Å². The van der Waals surface area contributed by atoms with Crippen molar-refractivity contribution in [2.24, 2.45) is 0 Å². The molecule has 2 aliphatic rings. The summed E-state index contributed by atoms with van der Waals surface area (Å²) in [5, 5.41) is 0.408. The lowest BCUT2D eigenvalue weighted by atomic mass is 10.1. The van der Waals surface area contributed by atoms with Gasteiger partial charge in [-0.2, -0.15) is 0 Å². The molecule has 8 heteroatoms. The molecule has 2 atom stereocenters. The van der Waals surface area contributed by atoms with Gasteiger partial charge in [0.15, 0.2) is 9.84 Å². The first-order chi connectivity index (χ1) is 12.4. The largest absolute Gasteiger partial charge is 0.495 e. The van der Waals surface area contributed by atoms with Gasteiger partial charge in [0.1, 0.15) is 5.75 Å². The summed E-state index contributed by atoms with van der Waals surface area (Å²) in [5.74, 6) is 0.354. The number of anilines is 2. The van der Waals surface area contributed by atoms with Crippen LogP contribution in [0.2, 0.25) is 5.02 Å². The smallest absolute Gasteiger partial charge is 0.329 e. The number of amides is 2. The maximum atomic E-state index is 13.3. The van der Waals surface area contributed by atoms with Gasteiger partial charge in [0, 0.05) is 0 Å². The second-order valence-corrected chi connectivity index (χ2v) is 8.92. The number of ether oxygens (including phenoxy) is 1. The fraction of sp³-hybridized carbons (Fsp3) is 0.278. The van der Waals surface area contributed by atoms with Crippen LogP contribution < -0.4 is 14.5 Å². The molecule has 136 valence electrons. The lowest BCUT2D eigenvalue weighted by Crippen LogP contribution is -2.38. The van der Waals surface area contributed by atoms with Crippen LogP contribution in [0.1, 0.15) is 0 Å². The number of carbonyl (C=O) groups excluding carboxylic acids is 1. The molecule has 26 heavy (non-hydrogen) atoms. The zero-order valence-electron chi connectivity index (χ0n) is 14.0. The third-order valence-corrected chi connectivity index (χ3v) is 6.84. The summed E-state index contributed by atoms with van der Waals surface area (Å²) in [7, 11) is -1.74. The Morgan fingerprint density at radius 3 is 2.12 bits per heavy atom. The summed E-state index contributed by atoms with van der Waals surface area (Å²) >= 11 is 6.30. The SMILES string of the molecule is COc1ccccc1N1C(=O)N(c2ccccc2Cl)[C@@H]2CS(=O)(=O)C[C@H]21. The molecule has 0 aliphatic carbocycles. The van der Waals surface area contributed by atoms with Crippen LogP contribution in [-0.4, -0.2) is 45.1 Å². The number of methoxy groups -OCH3 is 1. The Balaban J connectivity index is 1.86. The fourth-order valence-corrected chi connectivity index (χ4v) is 5.89. The quantitative estimate of drug-likeness (QED) is 0.753. The molecule has 6 nitrogen and oxygen atoms in total. The summed E-state index contributed by atoms with van der Waals surface area (Å²) in [4.78, 5) is 16.3. The first kappa shape index (κ1) is 17.2. The molecule has 0 spiro atoms. The minimum Gasteiger partial charge on any atom is -0.495 e. The molecule has 2 aliphatic heterocycles. The Bertz CT molecular complexity index is 979. The number of para-hydroxylation sites is 3. The van der Waals surface area contributed by atoms with E-state index in [9.17, 15) is 13.2 Å². The van der Waals surface area contributed by atoms with Crippen LogP contribution in [0.5, 0.6) is 5.75 Å². The van der Waals surface area contributed by atoms with Crippen molar-refractivity contribution in [2.75, 3.05) is 28.4 Å². The highest BCUT2D eigenvalue weighted by atomic mass is 35.5. The van der Waals surface area contributed by atoms with E-state index in [0.717, 1.165) is 0 Å². The van der Waals surface area contributed by atoms with Gasteiger partial charge in [-0.15, -0.1) is 0 Å². The van der Waals surface area contributed by atoms with Crippen LogP contribution in [-0.2, 0) is 9.84 Å². The van der Waals surface area contributed by atoms with E-state index in [-0.39, 0.29) is 17.5 Å². The fourth-order valence-electron chi connectivity index (χ4n) is 3.74. The van der Waals surface area contributed by atoms with Gasteiger partial charge in [-0.05, 0) is 24.3 Å². The lowest BCUT2D eigenvalue weighted by molar-refractivity contribution is 0.255. The Morgan fingerprint density at radius 2 is 1.50 bits per heavy atom. The lowest BCUT2D eigenvalue weighted by Gasteiger charge is -2.24. The number of benzene rings is 2. The van der Waals surface area contributed by atoms with E-state index in [1.54, 1.807) is 48.5 Å². The first-order valence-corrected chi connectivity index (χ1v) is 10.3. The molecule has 0 unspecified atom stereocenters. The Kier molecular flexibility index (Phi) is 4.08. The van der Waals surface area contributed by atoms with Crippen molar-refractivity contribution in [3.8, 4) is 5.75 Å². The number of fused-ring (bicyclic) bond motifs is 1. The van der Waals surface area contributed by atoms with Crippen LogP contribution in [0.4, 0.5) is 16.2 Å². The van der Waals surface area contributed by atoms with Gasteiger partial charge in [0.25, 0.3) is 0 Å². The van der Waals surface area contributed by atoms with Gasteiger partial charge in [-0.1, -0.05) is 35.9 Å². The molecule has 4 rings (SSSR count). The molecule has 0 radical (unpaired) electrons. The summed E-state index contributed by atoms with van der Waals surface area (Å²) in [6.45, 7) is 0. The van der Waals surface area contributed by atoms with Crippen LogP contribution in [0.25, 0.3) is 0 Å². The summed E-state index contributed by atoms with van der Waals surface area (Å²) in [6, 6.07) is 12.8. The summed E-state index contributed by atoms with van der Waals surface area (Å²) < 4.78 is 30.0. The predicted octanol–water partition coefficient (Wildman–Crippen LogP) is 2.96. The van der Waals surface area contributed by atoms with Crippen molar-refractivity contribution >= 4 is 38.8 Å². The monoisotopic (exact) mass is 392 g/mol. The molecule has 2 aromatic carbocycles. The first-order valence-electron chi connectivity index (χ1n) is 8.13. The highest BCUT2D eigenvalue weighted by Gasteiger charge is 2.55. The predicted molar refractivity (Wildman–Crippen MR) is 101 cm³/mol. The second-order valence-electron chi connectivity index (χ2n) is 6.36. The van der Waals surface area contributed by atoms with Gasteiger partial charge in [-0.3, -0.25) is 9.80 Å². The van der Waals surface area contributed by atoms with Crippen molar-refractivity contribution in [1.29, 1.82) is 0 Å². The van der Waals surface area contributed by atoms with Gasteiger partial charge in [0.05, 0.1) is 47.1 Å². The topological polar surface area (TPSA) is 66.9 Å². The third-order valence-electron chi connectivity index (χ3n) is 4.83. The number of nitrogens with zero attached hydrogens (tertiary/aromatic N) is 2. The number of halogens is 1. The third kappa shape index (κ3) is 2.62. The average molecular weight is 393 g/mol. The standard InChI is InChI=1S/C18H17ClN2O4S/c1-25-17-9-5-4-8-14(17)21-16-11-26(23,24)10-15(16)20(18(21)22)13-7-3-2-6-12(13)19/h2-9,15-16H,10-11H2,1H3/t15-,16-/m1/s1. The van der Waals surface area contributed by atoms with Crippen molar-refractivity contribution in [1.82, 2.24) is 0 Å². The highest BCUT2D eigenvalue weighted by molar-refractivity contribution is 7.91. The normalized spacial score (nSPS) is 24.0. The van der Waals surface area contributed by atoms with E-state index in [1.165, 1.54) is 16.9 Å². The summed E-state index contributed by atoms with van der Waals surface area (Å²) in [5.41, 5.74) is 1.07. The number of sulfone groups is 1. The van der Waals surface area contributed by atoms with Gasteiger partial charge in [-0.25, -0.2) is 13.2 Å². The molecule has 2 fully saturated rings. The van der Waals surface area contributed by atoms with E-state index in [2.05, 4.69) is 0 Å². The zero-order chi connectivity index (χ0) is 18.5. The molecule has 2 heterocycles.